The Balaban J connectivity index is 2.66. The maximum atomic E-state index is 11.3. The van der Waals surface area contributed by atoms with Crippen LogP contribution in [0.25, 0.3) is 5.00 Å². The lowest BCUT2D eigenvalue weighted by Gasteiger charge is -2.02. The first kappa shape index (κ1) is 11.0. The summed E-state index contributed by atoms with van der Waals surface area (Å²) in [4.78, 5) is 12.4. The van der Waals surface area contributed by atoms with Crippen molar-refractivity contribution < 1.29 is 9.90 Å². The zero-order chi connectivity index (χ0) is 11.7. The van der Waals surface area contributed by atoms with Crippen molar-refractivity contribution in [1.82, 2.24) is 4.57 Å². The number of carboxylic acids is 1. The van der Waals surface area contributed by atoms with Crippen molar-refractivity contribution in [3.8, 4) is 5.00 Å². The maximum Gasteiger partial charge on any atom is 0.339 e. The van der Waals surface area contributed by atoms with Crippen LogP contribution in [0.1, 0.15) is 27.7 Å². The molecule has 0 bridgehead atoms. The lowest BCUT2D eigenvalue weighted by Crippen LogP contribution is -2.03. The zero-order valence-electron chi connectivity index (χ0n) is 9.23. The number of aryl methyl sites for hydroxylation is 1. The number of carbonyl (C=O) groups is 1. The smallest absolute Gasteiger partial charge is 0.339 e. The fraction of sp³-hybridized carbons (Fsp3) is 0.250. The van der Waals surface area contributed by atoms with E-state index in [1.165, 1.54) is 11.3 Å². The number of aromatic carboxylic acids is 1. The molecule has 0 fully saturated rings. The third kappa shape index (κ3) is 1.65. The third-order valence-corrected chi connectivity index (χ3v) is 3.76. The van der Waals surface area contributed by atoms with Gasteiger partial charge in [0.2, 0.25) is 0 Å². The first-order chi connectivity index (χ1) is 7.65. The van der Waals surface area contributed by atoms with Crippen LogP contribution < -0.4 is 0 Å². The normalized spacial score (nSPS) is 10.6. The van der Waals surface area contributed by atoms with E-state index in [9.17, 15) is 9.90 Å². The monoisotopic (exact) mass is 235 g/mol. The minimum Gasteiger partial charge on any atom is -0.478 e. The lowest BCUT2D eigenvalue weighted by molar-refractivity contribution is 0.0696. The standard InChI is InChI=1S/C12H13NO2S/c1-3-9-8(2)16-11(10(9)12(14)15)13-6-4-5-7-13/h4-7H,3H2,1-2H3,(H,14,15). The molecule has 2 rings (SSSR count). The molecule has 0 radical (unpaired) electrons. The predicted octanol–water partition coefficient (Wildman–Crippen LogP) is 3.11. The van der Waals surface area contributed by atoms with Gasteiger partial charge in [-0.05, 0) is 31.0 Å². The molecule has 0 aliphatic carbocycles. The Kier molecular flexibility index (Phi) is 2.83. The number of hydrogen-bond donors (Lipinski definition) is 1. The number of carboxylic acid groups (broad SMARTS) is 1. The highest BCUT2D eigenvalue weighted by molar-refractivity contribution is 7.15. The van der Waals surface area contributed by atoms with Gasteiger partial charge in [0, 0.05) is 17.3 Å². The van der Waals surface area contributed by atoms with Crippen molar-refractivity contribution >= 4 is 17.3 Å². The minimum atomic E-state index is -0.843. The fourth-order valence-corrected chi connectivity index (χ4v) is 3.06. The third-order valence-electron chi connectivity index (χ3n) is 2.60. The Morgan fingerprint density at radius 2 is 2.06 bits per heavy atom. The van der Waals surface area contributed by atoms with Crippen LogP contribution in [0.15, 0.2) is 24.5 Å². The predicted molar refractivity (Wildman–Crippen MR) is 64.7 cm³/mol. The second-order valence-corrected chi connectivity index (χ2v) is 4.77. The van der Waals surface area contributed by atoms with Gasteiger partial charge in [0.25, 0.3) is 0 Å². The largest absolute Gasteiger partial charge is 0.478 e. The fourth-order valence-electron chi connectivity index (χ4n) is 1.86. The van der Waals surface area contributed by atoms with Crippen LogP contribution in [0.4, 0.5) is 0 Å². The van der Waals surface area contributed by atoms with E-state index >= 15 is 0 Å². The number of hydrogen-bond acceptors (Lipinski definition) is 2. The van der Waals surface area contributed by atoms with Crippen LogP contribution >= 0.6 is 11.3 Å². The van der Waals surface area contributed by atoms with Gasteiger partial charge in [-0.3, -0.25) is 0 Å². The zero-order valence-corrected chi connectivity index (χ0v) is 10.0. The first-order valence-corrected chi connectivity index (χ1v) is 5.95. The Morgan fingerprint density at radius 3 is 2.56 bits per heavy atom. The molecule has 0 saturated heterocycles. The Labute approximate surface area is 98.0 Å². The molecule has 0 spiro atoms. The summed E-state index contributed by atoms with van der Waals surface area (Å²) < 4.78 is 1.86. The van der Waals surface area contributed by atoms with Crippen molar-refractivity contribution in [2.24, 2.45) is 0 Å². The summed E-state index contributed by atoms with van der Waals surface area (Å²) in [6.45, 7) is 3.96. The van der Waals surface area contributed by atoms with Gasteiger partial charge in [0.1, 0.15) is 5.00 Å². The Hall–Kier alpha value is -1.55. The van der Waals surface area contributed by atoms with Crippen molar-refractivity contribution in [3.63, 3.8) is 0 Å². The second-order valence-electron chi connectivity index (χ2n) is 3.57. The molecule has 0 unspecified atom stereocenters. The first-order valence-electron chi connectivity index (χ1n) is 5.14. The number of rotatable bonds is 3. The molecule has 0 aliphatic heterocycles. The highest BCUT2D eigenvalue weighted by atomic mass is 32.1. The molecule has 3 nitrogen and oxygen atoms in total. The van der Waals surface area contributed by atoms with Gasteiger partial charge in [0.05, 0.1) is 5.56 Å². The van der Waals surface area contributed by atoms with Gasteiger partial charge in [-0.15, -0.1) is 11.3 Å². The highest BCUT2D eigenvalue weighted by Crippen LogP contribution is 2.31. The summed E-state index contributed by atoms with van der Waals surface area (Å²) >= 11 is 1.53. The van der Waals surface area contributed by atoms with Crippen LogP contribution in [0.2, 0.25) is 0 Å². The van der Waals surface area contributed by atoms with E-state index < -0.39 is 5.97 Å². The number of thiophene rings is 1. The van der Waals surface area contributed by atoms with Crippen molar-refractivity contribution in [2.75, 3.05) is 0 Å². The second kappa shape index (κ2) is 4.14. The van der Waals surface area contributed by atoms with Crippen LogP contribution in [0, 0.1) is 6.92 Å². The molecule has 1 N–H and O–H groups in total. The molecule has 0 atom stereocenters. The van der Waals surface area contributed by atoms with Gasteiger partial charge < -0.3 is 9.67 Å². The SMILES string of the molecule is CCc1c(C)sc(-n2cccc2)c1C(=O)O. The topological polar surface area (TPSA) is 42.2 Å². The van der Waals surface area contributed by atoms with Crippen molar-refractivity contribution in [1.29, 1.82) is 0 Å². The highest BCUT2D eigenvalue weighted by Gasteiger charge is 2.20. The van der Waals surface area contributed by atoms with Gasteiger partial charge in [-0.2, -0.15) is 0 Å². The van der Waals surface area contributed by atoms with Crippen LogP contribution in [-0.2, 0) is 6.42 Å². The van der Waals surface area contributed by atoms with E-state index in [2.05, 4.69) is 0 Å². The quantitative estimate of drug-likeness (QED) is 0.888. The van der Waals surface area contributed by atoms with E-state index in [0.717, 1.165) is 21.9 Å². The molecule has 0 aliphatic rings. The molecule has 0 aromatic carbocycles. The van der Waals surface area contributed by atoms with E-state index in [4.69, 9.17) is 0 Å². The maximum absolute atomic E-state index is 11.3. The lowest BCUT2D eigenvalue weighted by atomic mass is 10.1. The van der Waals surface area contributed by atoms with Crippen LogP contribution in [0.5, 0.6) is 0 Å². The Morgan fingerprint density at radius 1 is 1.44 bits per heavy atom. The van der Waals surface area contributed by atoms with Crippen molar-refractivity contribution in [3.05, 3.63) is 40.5 Å². The van der Waals surface area contributed by atoms with E-state index in [1.807, 2.05) is 42.9 Å². The summed E-state index contributed by atoms with van der Waals surface area (Å²) in [5, 5.41) is 10.1. The van der Waals surface area contributed by atoms with E-state index in [-0.39, 0.29) is 0 Å². The molecule has 2 heterocycles. The molecular weight excluding hydrogens is 222 g/mol. The van der Waals surface area contributed by atoms with Gasteiger partial charge in [-0.25, -0.2) is 4.79 Å². The molecule has 0 amide bonds. The van der Waals surface area contributed by atoms with Crippen molar-refractivity contribution in [2.45, 2.75) is 20.3 Å². The summed E-state index contributed by atoms with van der Waals surface area (Å²) in [5.41, 5.74) is 1.39. The van der Waals surface area contributed by atoms with Gasteiger partial charge in [0.15, 0.2) is 0 Å². The molecular formula is C12H13NO2S. The minimum absolute atomic E-state index is 0.446. The van der Waals surface area contributed by atoms with E-state index in [1.54, 1.807) is 0 Å². The van der Waals surface area contributed by atoms with Gasteiger partial charge in [-0.1, -0.05) is 6.92 Å². The molecule has 4 heteroatoms. The number of aromatic nitrogens is 1. The summed E-state index contributed by atoms with van der Waals surface area (Å²) in [5.74, 6) is -0.843. The summed E-state index contributed by atoms with van der Waals surface area (Å²) in [6, 6.07) is 3.79. The Bertz CT molecular complexity index is 511. The van der Waals surface area contributed by atoms with Crippen LogP contribution in [0.3, 0.4) is 0 Å². The molecule has 2 aromatic heterocycles. The molecule has 16 heavy (non-hydrogen) atoms. The summed E-state index contributed by atoms with van der Waals surface area (Å²) in [7, 11) is 0. The molecule has 0 saturated carbocycles. The average Bonchev–Trinajstić information content (AvgIpc) is 2.83. The van der Waals surface area contributed by atoms with Gasteiger partial charge >= 0.3 is 5.97 Å². The van der Waals surface area contributed by atoms with Crippen LogP contribution in [-0.4, -0.2) is 15.6 Å². The van der Waals surface area contributed by atoms with E-state index in [0.29, 0.717) is 5.56 Å². The molecule has 84 valence electrons. The summed E-state index contributed by atoms with van der Waals surface area (Å²) in [6.07, 6.45) is 4.50. The average molecular weight is 235 g/mol. The molecule has 2 aromatic rings. The number of nitrogens with zero attached hydrogens (tertiary/aromatic N) is 1.